The van der Waals surface area contributed by atoms with Gasteiger partial charge in [-0.3, -0.25) is 9.59 Å². The van der Waals surface area contributed by atoms with Crippen LogP contribution in [0.2, 0.25) is 0 Å². The Morgan fingerprint density at radius 1 is 1.07 bits per heavy atom. The maximum absolute atomic E-state index is 12.2. The Balaban J connectivity index is 1.57. The van der Waals surface area contributed by atoms with E-state index in [-0.39, 0.29) is 6.54 Å². The summed E-state index contributed by atoms with van der Waals surface area (Å²) >= 11 is 0. The molecule has 3 rings (SSSR count). The number of aromatic nitrogens is 2. The lowest BCUT2D eigenvalue weighted by atomic mass is 10.2. The number of fused-ring (bicyclic) bond motifs is 1. The summed E-state index contributed by atoms with van der Waals surface area (Å²) in [5.74, 6) is 0.768. The second-order valence-corrected chi connectivity index (χ2v) is 6.01. The maximum atomic E-state index is 12.2. The molecule has 1 N–H and O–H groups in total. The average molecular weight is 383 g/mol. The highest BCUT2D eigenvalue weighted by molar-refractivity contribution is 5.93. The Labute approximate surface area is 162 Å². The number of carbonyl (C=O) groups is 2. The average Bonchev–Trinajstić information content (AvgIpc) is 3.01. The van der Waals surface area contributed by atoms with Crippen molar-refractivity contribution in [2.24, 2.45) is 0 Å². The van der Waals surface area contributed by atoms with Crippen molar-refractivity contribution >= 4 is 28.6 Å². The Morgan fingerprint density at radius 3 is 2.57 bits per heavy atom. The molecule has 0 aliphatic carbocycles. The van der Waals surface area contributed by atoms with Crippen LogP contribution in [0.15, 0.2) is 42.5 Å². The van der Waals surface area contributed by atoms with Crippen molar-refractivity contribution in [3.8, 4) is 11.5 Å². The zero-order valence-corrected chi connectivity index (χ0v) is 15.9. The van der Waals surface area contributed by atoms with E-state index >= 15 is 0 Å². The SMILES string of the molecule is COc1ccc(NC(=O)COC(=O)Cn2c(C)nc3ccccc32)cc1OC. The minimum Gasteiger partial charge on any atom is -0.493 e. The standard InChI is InChI=1S/C20H21N3O5/c1-13-21-15-6-4-5-7-16(15)23(13)11-20(25)28-12-19(24)22-14-8-9-17(26-2)18(10-14)27-3/h4-10H,11-12H2,1-3H3,(H,22,24). The highest BCUT2D eigenvalue weighted by atomic mass is 16.5. The van der Waals surface area contributed by atoms with Gasteiger partial charge >= 0.3 is 5.97 Å². The number of amides is 1. The first-order valence-corrected chi connectivity index (χ1v) is 8.61. The van der Waals surface area contributed by atoms with Crippen LogP contribution in [-0.4, -0.2) is 42.3 Å². The van der Waals surface area contributed by atoms with Crippen molar-refractivity contribution in [2.75, 3.05) is 26.1 Å². The lowest BCUT2D eigenvalue weighted by Crippen LogP contribution is -2.23. The summed E-state index contributed by atoms with van der Waals surface area (Å²) in [6.45, 7) is 1.41. The molecule has 3 aromatic rings. The number of hydrogen-bond acceptors (Lipinski definition) is 6. The molecule has 8 nitrogen and oxygen atoms in total. The molecule has 0 atom stereocenters. The highest BCUT2D eigenvalue weighted by Crippen LogP contribution is 2.29. The summed E-state index contributed by atoms with van der Waals surface area (Å²) in [7, 11) is 3.04. The number of nitrogens with one attached hydrogen (secondary N) is 1. The van der Waals surface area contributed by atoms with Crippen molar-refractivity contribution in [1.82, 2.24) is 9.55 Å². The minimum atomic E-state index is -0.520. The monoisotopic (exact) mass is 383 g/mol. The number of benzene rings is 2. The molecule has 0 radical (unpaired) electrons. The molecule has 1 amide bonds. The third-order valence-corrected chi connectivity index (χ3v) is 4.16. The van der Waals surface area contributed by atoms with E-state index < -0.39 is 18.5 Å². The number of hydrogen-bond donors (Lipinski definition) is 1. The summed E-state index contributed by atoms with van der Waals surface area (Å²) in [6, 6.07) is 12.5. The molecule has 0 saturated carbocycles. The lowest BCUT2D eigenvalue weighted by Gasteiger charge is -2.11. The number of para-hydroxylation sites is 2. The molecule has 1 heterocycles. The molecule has 0 aliphatic heterocycles. The first kappa shape index (κ1) is 19.2. The number of esters is 1. The summed E-state index contributed by atoms with van der Waals surface area (Å²) < 4.78 is 17.2. The second kappa shape index (κ2) is 8.43. The molecule has 0 spiro atoms. The van der Waals surface area contributed by atoms with E-state index in [2.05, 4.69) is 10.3 Å². The first-order valence-electron chi connectivity index (χ1n) is 8.61. The second-order valence-electron chi connectivity index (χ2n) is 6.01. The number of rotatable bonds is 7. The van der Waals surface area contributed by atoms with E-state index in [0.29, 0.717) is 23.0 Å². The van der Waals surface area contributed by atoms with Crippen LogP contribution in [0.5, 0.6) is 11.5 Å². The Kier molecular flexibility index (Phi) is 5.78. The Morgan fingerprint density at radius 2 is 1.82 bits per heavy atom. The summed E-state index contributed by atoms with van der Waals surface area (Å²) in [6.07, 6.45) is 0. The highest BCUT2D eigenvalue weighted by Gasteiger charge is 2.14. The van der Waals surface area contributed by atoms with E-state index in [1.807, 2.05) is 31.2 Å². The zero-order chi connectivity index (χ0) is 20.1. The number of anilines is 1. The van der Waals surface area contributed by atoms with Crippen LogP contribution < -0.4 is 14.8 Å². The molecule has 8 heteroatoms. The fourth-order valence-corrected chi connectivity index (χ4v) is 2.83. The largest absolute Gasteiger partial charge is 0.493 e. The summed E-state index contributed by atoms with van der Waals surface area (Å²) in [4.78, 5) is 28.6. The summed E-state index contributed by atoms with van der Waals surface area (Å²) in [5.41, 5.74) is 2.15. The number of ether oxygens (including phenoxy) is 3. The molecule has 0 fully saturated rings. The molecule has 0 unspecified atom stereocenters. The fourth-order valence-electron chi connectivity index (χ4n) is 2.83. The minimum absolute atomic E-state index is 0.0179. The first-order chi connectivity index (χ1) is 13.5. The van der Waals surface area contributed by atoms with Gasteiger partial charge in [0.15, 0.2) is 18.1 Å². The number of nitrogens with zero attached hydrogens (tertiary/aromatic N) is 2. The van der Waals surface area contributed by atoms with Gasteiger partial charge in [0.1, 0.15) is 12.4 Å². The van der Waals surface area contributed by atoms with Gasteiger partial charge in [-0.05, 0) is 31.2 Å². The Hall–Kier alpha value is -3.55. The molecular weight excluding hydrogens is 362 g/mol. The molecule has 146 valence electrons. The molecular formula is C20H21N3O5. The van der Waals surface area contributed by atoms with Crippen molar-refractivity contribution in [3.05, 3.63) is 48.3 Å². The van der Waals surface area contributed by atoms with Gasteiger partial charge in [-0.25, -0.2) is 4.98 Å². The van der Waals surface area contributed by atoms with Crippen LogP contribution in [0, 0.1) is 6.92 Å². The van der Waals surface area contributed by atoms with Gasteiger partial charge in [0.05, 0.1) is 25.3 Å². The van der Waals surface area contributed by atoms with Crippen LogP contribution in [0.25, 0.3) is 11.0 Å². The third-order valence-electron chi connectivity index (χ3n) is 4.16. The van der Waals surface area contributed by atoms with Gasteiger partial charge in [0.2, 0.25) is 0 Å². The molecule has 0 bridgehead atoms. The van der Waals surface area contributed by atoms with E-state index in [0.717, 1.165) is 11.0 Å². The number of aryl methyl sites for hydroxylation is 1. The normalized spacial score (nSPS) is 10.5. The number of methoxy groups -OCH3 is 2. The fraction of sp³-hybridized carbons (Fsp3) is 0.250. The number of imidazole rings is 1. The van der Waals surface area contributed by atoms with E-state index in [1.165, 1.54) is 14.2 Å². The molecule has 0 saturated heterocycles. The maximum Gasteiger partial charge on any atom is 0.326 e. The van der Waals surface area contributed by atoms with Crippen LogP contribution in [-0.2, 0) is 20.9 Å². The molecule has 2 aromatic carbocycles. The van der Waals surface area contributed by atoms with Gasteiger partial charge in [-0.1, -0.05) is 12.1 Å². The smallest absolute Gasteiger partial charge is 0.326 e. The van der Waals surface area contributed by atoms with Crippen LogP contribution >= 0.6 is 0 Å². The molecule has 0 aliphatic rings. The van der Waals surface area contributed by atoms with Crippen molar-refractivity contribution in [2.45, 2.75) is 13.5 Å². The van der Waals surface area contributed by atoms with Gasteiger partial charge in [-0.15, -0.1) is 0 Å². The Bertz CT molecular complexity index is 1010. The zero-order valence-electron chi connectivity index (χ0n) is 15.9. The van der Waals surface area contributed by atoms with Gasteiger partial charge < -0.3 is 24.1 Å². The van der Waals surface area contributed by atoms with Gasteiger partial charge in [-0.2, -0.15) is 0 Å². The number of carbonyl (C=O) groups excluding carboxylic acids is 2. The van der Waals surface area contributed by atoms with Crippen molar-refractivity contribution in [3.63, 3.8) is 0 Å². The van der Waals surface area contributed by atoms with Crippen molar-refractivity contribution in [1.29, 1.82) is 0 Å². The van der Waals surface area contributed by atoms with E-state index in [1.54, 1.807) is 22.8 Å². The third kappa shape index (κ3) is 4.22. The van der Waals surface area contributed by atoms with E-state index in [4.69, 9.17) is 14.2 Å². The van der Waals surface area contributed by atoms with Crippen LogP contribution in [0.1, 0.15) is 5.82 Å². The summed E-state index contributed by atoms with van der Waals surface area (Å²) in [5, 5.41) is 2.65. The van der Waals surface area contributed by atoms with Gasteiger partial charge in [0, 0.05) is 11.8 Å². The predicted octanol–water partition coefficient (Wildman–Crippen LogP) is 2.54. The molecule has 28 heavy (non-hydrogen) atoms. The van der Waals surface area contributed by atoms with Crippen molar-refractivity contribution < 1.29 is 23.8 Å². The quantitative estimate of drug-likeness (QED) is 0.631. The topological polar surface area (TPSA) is 91.7 Å². The van der Waals surface area contributed by atoms with Crippen LogP contribution in [0.4, 0.5) is 5.69 Å². The lowest BCUT2D eigenvalue weighted by molar-refractivity contribution is -0.147. The van der Waals surface area contributed by atoms with Gasteiger partial charge in [0.25, 0.3) is 5.91 Å². The predicted molar refractivity (Wildman–Crippen MR) is 104 cm³/mol. The van der Waals surface area contributed by atoms with E-state index in [9.17, 15) is 9.59 Å². The van der Waals surface area contributed by atoms with Crippen LogP contribution in [0.3, 0.4) is 0 Å². The molecule has 1 aromatic heterocycles.